The molecule has 42 heavy (non-hydrogen) atoms. The molecule has 0 heterocycles. The molecular weight excluding hydrogens is 522 g/mol. The first-order valence-corrected chi connectivity index (χ1v) is 16.8. The van der Waals surface area contributed by atoms with Gasteiger partial charge in [0.25, 0.3) is 0 Å². The third-order valence-electron chi connectivity index (χ3n) is 13.4. The van der Waals surface area contributed by atoms with Gasteiger partial charge in [0.05, 0.1) is 17.6 Å². The highest BCUT2D eigenvalue weighted by atomic mass is 16.5. The minimum atomic E-state index is -0.596. The lowest BCUT2D eigenvalue weighted by atomic mass is 9.35. The second kappa shape index (κ2) is 10.7. The molecule has 0 aromatic heterocycles. The number of allylic oxidation sites excluding steroid dienone is 4. The van der Waals surface area contributed by atoms with E-state index in [-0.39, 0.29) is 63.0 Å². The fourth-order valence-electron chi connectivity index (χ4n) is 10.6. The van der Waals surface area contributed by atoms with Crippen molar-refractivity contribution in [3.05, 3.63) is 23.3 Å². The Morgan fingerprint density at radius 2 is 1.67 bits per heavy atom. The van der Waals surface area contributed by atoms with Crippen molar-refractivity contribution in [2.75, 3.05) is 6.61 Å². The minimum Gasteiger partial charge on any atom is -0.465 e. The fourth-order valence-corrected chi connectivity index (χ4v) is 10.6. The highest BCUT2D eigenvalue weighted by Gasteiger charge is 2.70. The Bertz CT molecular complexity index is 1250. The monoisotopic (exact) mass is 575 g/mol. The SMILES string of the molecule is CCCCCCCOC(=O)[C@]12CCC(C)(C)CC1C1C(=O)C=C3[C@@]4(C)C=C(C#N)C(=O)[C@@H](C)[C@@H]4CC[C@@]3(C)[C@]1(C)CC2. The number of hydrogen-bond acceptors (Lipinski definition) is 5. The standard InChI is InChI=1S/C37H53NO4/c1-8-9-10-11-12-19-42-32(41)37-17-15-33(3,4)22-27(37)30-28(39)20-29-34(5)21-25(23-38)31(40)24(2)26(34)13-14-35(29,6)36(30,7)16-18-37/h20-21,24,26-27,30H,8-19,22H2,1-7H3/t24-,26-,27?,30?,34-,35+,36+,37-/m0/s1. The molecule has 0 aromatic rings. The topological polar surface area (TPSA) is 84.2 Å². The largest absolute Gasteiger partial charge is 0.465 e. The van der Waals surface area contributed by atoms with Gasteiger partial charge in [-0.25, -0.2) is 0 Å². The first kappa shape index (κ1) is 31.2. The summed E-state index contributed by atoms with van der Waals surface area (Å²) in [6.45, 7) is 16.0. The summed E-state index contributed by atoms with van der Waals surface area (Å²) in [5, 5.41) is 9.84. The van der Waals surface area contributed by atoms with Crippen LogP contribution in [0.4, 0.5) is 0 Å². The maximum absolute atomic E-state index is 14.6. The van der Waals surface area contributed by atoms with Gasteiger partial charge in [-0.15, -0.1) is 0 Å². The van der Waals surface area contributed by atoms with Crippen molar-refractivity contribution >= 4 is 17.5 Å². The number of nitriles is 1. The summed E-state index contributed by atoms with van der Waals surface area (Å²) in [4.78, 5) is 41.6. The number of fused-ring (bicyclic) bond motifs is 7. The van der Waals surface area contributed by atoms with Crippen LogP contribution in [0.1, 0.15) is 126 Å². The van der Waals surface area contributed by atoms with E-state index in [1.54, 1.807) is 0 Å². The Kier molecular flexibility index (Phi) is 7.98. The van der Waals surface area contributed by atoms with E-state index in [1.807, 2.05) is 19.1 Å². The van der Waals surface area contributed by atoms with Crippen LogP contribution in [0, 0.1) is 62.1 Å². The number of esters is 1. The van der Waals surface area contributed by atoms with E-state index < -0.39 is 10.8 Å². The van der Waals surface area contributed by atoms with Crippen molar-refractivity contribution < 1.29 is 19.1 Å². The second-order valence-corrected chi connectivity index (χ2v) is 16.1. The molecule has 5 aliphatic rings. The van der Waals surface area contributed by atoms with E-state index >= 15 is 0 Å². The Morgan fingerprint density at radius 3 is 2.36 bits per heavy atom. The number of nitrogens with zero attached hydrogens (tertiary/aromatic N) is 1. The molecule has 5 nitrogen and oxygen atoms in total. The van der Waals surface area contributed by atoms with Crippen molar-refractivity contribution in [2.45, 2.75) is 126 Å². The van der Waals surface area contributed by atoms with Gasteiger partial charge in [-0.05, 0) is 85.5 Å². The molecule has 0 aliphatic heterocycles. The number of Topliss-reactive ketones (excluding diaryl/α,β-unsaturated/α-hetero) is 1. The average molecular weight is 576 g/mol. The lowest BCUT2D eigenvalue weighted by Gasteiger charge is -2.68. The molecular formula is C37H53NO4. The molecule has 8 atom stereocenters. The van der Waals surface area contributed by atoms with Crippen LogP contribution in [-0.2, 0) is 19.1 Å². The Labute approximate surface area is 253 Å². The summed E-state index contributed by atoms with van der Waals surface area (Å²) in [6, 6.07) is 2.17. The summed E-state index contributed by atoms with van der Waals surface area (Å²) in [7, 11) is 0. The lowest BCUT2D eigenvalue weighted by Crippen LogP contribution is -2.65. The summed E-state index contributed by atoms with van der Waals surface area (Å²) in [6.07, 6.45) is 15.4. The van der Waals surface area contributed by atoms with Crippen LogP contribution in [0.2, 0.25) is 0 Å². The third-order valence-corrected chi connectivity index (χ3v) is 13.4. The lowest BCUT2D eigenvalue weighted by molar-refractivity contribution is -0.192. The van der Waals surface area contributed by atoms with Gasteiger partial charge < -0.3 is 4.74 Å². The predicted octanol–water partition coefficient (Wildman–Crippen LogP) is 8.33. The van der Waals surface area contributed by atoms with E-state index in [9.17, 15) is 19.6 Å². The van der Waals surface area contributed by atoms with Crippen LogP contribution < -0.4 is 0 Å². The van der Waals surface area contributed by atoms with Gasteiger partial charge in [0, 0.05) is 17.3 Å². The molecule has 0 aromatic carbocycles. The number of ether oxygens (including phenoxy) is 1. The van der Waals surface area contributed by atoms with Gasteiger partial charge in [0.2, 0.25) is 0 Å². The highest BCUT2D eigenvalue weighted by molar-refractivity contribution is 6.02. The van der Waals surface area contributed by atoms with Crippen LogP contribution >= 0.6 is 0 Å². The van der Waals surface area contributed by atoms with Crippen LogP contribution in [0.3, 0.4) is 0 Å². The van der Waals surface area contributed by atoms with Gasteiger partial charge in [0.15, 0.2) is 11.6 Å². The molecule has 0 saturated heterocycles. The van der Waals surface area contributed by atoms with Crippen LogP contribution in [0.5, 0.6) is 0 Å². The van der Waals surface area contributed by atoms with Crippen molar-refractivity contribution in [3.8, 4) is 6.07 Å². The molecule has 2 unspecified atom stereocenters. The quantitative estimate of drug-likeness (QED) is 0.225. The molecule has 3 fully saturated rings. The van der Waals surface area contributed by atoms with Crippen molar-refractivity contribution in [2.24, 2.45) is 50.7 Å². The average Bonchev–Trinajstić information content (AvgIpc) is 2.93. The maximum atomic E-state index is 14.6. The zero-order valence-electron chi connectivity index (χ0n) is 27.2. The van der Waals surface area contributed by atoms with Crippen LogP contribution in [-0.4, -0.2) is 24.1 Å². The fraction of sp³-hybridized carbons (Fsp3) is 0.784. The number of carbonyl (C=O) groups is 3. The first-order valence-electron chi connectivity index (χ1n) is 16.8. The summed E-state index contributed by atoms with van der Waals surface area (Å²) in [5.41, 5.74) is -0.265. The van der Waals surface area contributed by atoms with Gasteiger partial charge in [-0.2, -0.15) is 5.26 Å². The van der Waals surface area contributed by atoms with Gasteiger partial charge in [-0.3, -0.25) is 14.4 Å². The number of unbranched alkanes of at least 4 members (excludes halogenated alkanes) is 4. The zero-order chi connectivity index (χ0) is 30.7. The maximum Gasteiger partial charge on any atom is 0.312 e. The Morgan fingerprint density at radius 1 is 0.976 bits per heavy atom. The third kappa shape index (κ3) is 4.48. The van der Waals surface area contributed by atoms with Crippen LogP contribution in [0.15, 0.2) is 23.3 Å². The molecule has 5 rings (SSSR count). The first-order chi connectivity index (χ1) is 19.7. The summed E-state index contributed by atoms with van der Waals surface area (Å²) < 4.78 is 6.07. The molecule has 3 saturated carbocycles. The zero-order valence-corrected chi connectivity index (χ0v) is 27.2. The molecule has 0 amide bonds. The molecule has 0 bridgehead atoms. The van der Waals surface area contributed by atoms with E-state index in [4.69, 9.17) is 4.74 Å². The van der Waals surface area contributed by atoms with Gasteiger partial charge in [0.1, 0.15) is 6.07 Å². The number of rotatable bonds is 7. The van der Waals surface area contributed by atoms with Crippen molar-refractivity contribution in [3.63, 3.8) is 0 Å². The number of carbonyl (C=O) groups excluding carboxylic acids is 3. The van der Waals surface area contributed by atoms with E-state index in [0.717, 1.165) is 63.4 Å². The predicted molar refractivity (Wildman–Crippen MR) is 164 cm³/mol. The van der Waals surface area contributed by atoms with Crippen molar-refractivity contribution in [1.82, 2.24) is 0 Å². The van der Waals surface area contributed by atoms with Gasteiger partial charge in [-0.1, -0.05) is 85.8 Å². The molecule has 0 spiro atoms. The number of hydrogen-bond donors (Lipinski definition) is 0. The minimum absolute atomic E-state index is 0.0442. The second-order valence-electron chi connectivity index (χ2n) is 16.1. The molecule has 230 valence electrons. The molecule has 5 heteroatoms. The summed E-state index contributed by atoms with van der Waals surface area (Å²) >= 11 is 0. The molecule has 0 N–H and O–H groups in total. The number of ketones is 2. The van der Waals surface area contributed by atoms with Gasteiger partial charge >= 0.3 is 5.97 Å². The highest BCUT2D eigenvalue weighted by Crippen LogP contribution is 2.73. The molecule has 0 radical (unpaired) electrons. The Hall–Kier alpha value is -2.22. The normalized spacial score (nSPS) is 42.1. The van der Waals surface area contributed by atoms with E-state index in [1.165, 1.54) is 19.3 Å². The molecule has 5 aliphatic carbocycles. The van der Waals surface area contributed by atoms with Crippen LogP contribution in [0.25, 0.3) is 0 Å². The smallest absolute Gasteiger partial charge is 0.312 e. The van der Waals surface area contributed by atoms with E-state index in [2.05, 4.69) is 47.6 Å². The van der Waals surface area contributed by atoms with E-state index in [0.29, 0.717) is 6.61 Å². The Balaban J connectivity index is 1.53. The van der Waals surface area contributed by atoms with Crippen molar-refractivity contribution in [1.29, 1.82) is 5.26 Å². The summed E-state index contributed by atoms with van der Waals surface area (Å²) in [5.74, 6) is -0.427.